The van der Waals surface area contributed by atoms with Gasteiger partial charge in [0.15, 0.2) is 16.1 Å². The van der Waals surface area contributed by atoms with Gasteiger partial charge in [0.25, 0.3) is 0 Å². The van der Waals surface area contributed by atoms with E-state index in [-0.39, 0.29) is 32.4 Å². The average Bonchev–Trinajstić information content (AvgIpc) is 2.87. The summed E-state index contributed by atoms with van der Waals surface area (Å²) in [4.78, 5) is 11.4. The first kappa shape index (κ1) is 17.0. The van der Waals surface area contributed by atoms with Gasteiger partial charge in [-0.3, -0.25) is 13.9 Å². The van der Waals surface area contributed by atoms with E-state index in [2.05, 4.69) is 0 Å². The number of carbonyl (C=O) groups excluding carboxylic acids is 1. The molecule has 128 valence electrons. The molecule has 0 radical (unpaired) electrons. The fourth-order valence-corrected chi connectivity index (χ4v) is 7.32. The van der Waals surface area contributed by atoms with Crippen LogP contribution in [0.4, 0.5) is 0 Å². The molecule has 3 rings (SSSR count). The van der Waals surface area contributed by atoms with Gasteiger partial charge in [-0.05, 0) is 24.3 Å². The van der Waals surface area contributed by atoms with Gasteiger partial charge in [-0.1, -0.05) is 18.2 Å². The first-order valence-electron chi connectivity index (χ1n) is 7.04. The predicted octanol–water partition coefficient (Wildman–Crippen LogP) is 3.15. The van der Waals surface area contributed by atoms with Crippen LogP contribution in [0.25, 0.3) is 0 Å². The van der Waals surface area contributed by atoms with Crippen molar-refractivity contribution in [3.05, 3.63) is 53.6 Å². The third kappa shape index (κ3) is 2.51. The van der Waals surface area contributed by atoms with Gasteiger partial charge in [-0.15, -0.1) is 0 Å². The van der Waals surface area contributed by atoms with Crippen LogP contribution in [0, 0.1) is 0 Å². The summed E-state index contributed by atoms with van der Waals surface area (Å²) < 4.78 is 51.9. The molecule has 8 heteroatoms. The lowest BCUT2D eigenvalue weighted by molar-refractivity contribution is 0.112. The summed E-state index contributed by atoms with van der Waals surface area (Å²) in [5.74, 6) is -0.275. The van der Waals surface area contributed by atoms with Crippen molar-refractivity contribution >= 4 is 26.7 Å². The topological polar surface area (TPSA) is 101 Å². The van der Waals surface area contributed by atoms with E-state index in [1.807, 2.05) is 0 Å². The second-order valence-electron chi connectivity index (χ2n) is 5.40. The van der Waals surface area contributed by atoms with Crippen molar-refractivity contribution in [2.75, 3.05) is 12.9 Å². The van der Waals surface area contributed by atoms with Gasteiger partial charge in [0.1, 0.15) is 11.0 Å². The molecule has 0 spiro atoms. The SMILES string of the molecule is COc1c(C=O)ccc2c1C(S(=O)(=O)c1ccccc1)CS2(O)O. The van der Waals surface area contributed by atoms with Gasteiger partial charge >= 0.3 is 0 Å². The van der Waals surface area contributed by atoms with Crippen LogP contribution in [0.15, 0.2) is 52.3 Å². The van der Waals surface area contributed by atoms with Crippen LogP contribution in [0.3, 0.4) is 0 Å². The summed E-state index contributed by atoms with van der Waals surface area (Å²) in [6.45, 7) is 0. The van der Waals surface area contributed by atoms with Gasteiger partial charge in [0, 0.05) is 5.56 Å². The Morgan fingerprint density at radius 1 is 1.17 bits per heavy atom. The Kier molecular flexibility index (Phi) is 4.16. The van der Waals surface area contributed by atoms with E-state index in [1.54, 1.807) is 18.2 Å². The van der Waals surface area contributed by atoms with Gasteiger partial charge in [-0.25, -0.2) is 8.42 Å². The van der Waals surface area contributed by atoms with Crippen LogP contribution in [0.1, 0.15) is 21.2 Å². The molecule has 2 aromatic carbocycles. The van der Waals surface area contributed by atoms with Crippen LogP contribution in [0.2, 0.25) is 0 Å². The zero-order valence-corrected chi connectivity index (χ0v) is 14.4. The fourth-order valence-electron chi connectivity index (χ4n) is 2.91. The number of rotatable bonds is 4. The molecule has 0 amide bonds. The highest BCUT2D eigenvalue weighted by Crippen LogP contribution is 2.63. The van der Waals surface area contributed by atoms with Crippen molar-refractivity contribution in [1.82, 2.24) is 0 Å². The lowest BCUT2D eigenvalue weighted by Crippen LogP contribution is -2.16. The minimum atomic E-state index is -3.88. The number of sulfone groups is 1. The zero-order valence-electron chi connectivity index (χ0n) is 12.7. The van der Waals surface area contributed by atoms with Gasteiger partial charge in [0.05, 0.1) is 28.2 Å². The Bertz CT molecular complexity index is 890. The molecule has 1 aliphatic heterocycles. The van der Waals surface area contributed by atoms with Crippen molar-refractivity contribution in [3.8, 4) is 5.75 Å². The van der Waals surface area contributed by atoms with E-state index >= 15 is 0 Å². The number of methoxy groups -OCH3 is 1. The summed E-state index contributed by atoms with van der Waals surface area (Å²) in [5, 5.41) is -1.19. The Hall–Kier alpha value is -1.87. The molecule has 1 unspecified atom stereocenters. The molecule has 0 aliphatic carbocycles. The van der Waals surface area contributed by atoms with Crippen LogP contribution < -0.4 is 4.74 Å². The van der Waals surface area contributed by atoms with Crippen LogP contribution in [-0.4, -0.2) is 36.7 Å². The van der Waals surface area contributed by atoms with Gasteiger partial charge in [0.2, 0.25) is 0 Å². The van der Waals surface area contributed by atoms with Crippen LogP contribution in [0.5, 0.6) is 5.75 Å². The smallest absolute Gasteiger partial charge is 0.187 e. The fraction of sp³-hybridized carbons (Fsp3) is 0.188. The van der Waals surface area contributed by atoms with Crippen molar-refractivity contribution in [2.24, 2.45) is 0 Å². The molecule has 1 aliphatic rings. The molecule has 0 saturated heterocycles. The Balaban J connectivity index is 2.27. The molecular weight excluding hydrogens is 352 g/mol. The van der Waals surface area contributed by atoms with Crippen LogP contribution >= 0.6 is 10.6 Å². The normalized spacial score (nSPS) is 20.2. The standard InChI is InChI=1S/C16H16O6S2/c1-22-16-11(9-17)7-8-13-15(16)14(10-23(13,18)19)24(20,21)12-5-3-2-4-6-12/h2-9,14,18-19H,10H2,1H3. The average molecular weight is 368 g/mol. The summed E-state index contributed by atoms with van der Waals surface area (Å²) in [7, 11) is -5.84. The molecule has 2 N–H and O–H groups in total. The number of ether oxygens (including phenoxy) is 1. The summed E-state index contributed by atoms with van der Waals surface area (Å²) in [6.07, 6.45) is 0.551. The maximum Gasteiger partial charge on any atom is 0.187 e. The highest BCUT2D eigenvalue weighted by Gasteiger charge is 2.45. The molecule has 0 bridgehead atoms. The van der Waals surface area contributed by atoms with Crippen molar-refractivity contribution < 1.29 is 27.1 Å². The van der Waals surface area contributed by atoms with E-state index < -0.39 is 25.7 Å². The van der Waals surface area contributed by atoms with E-state index in [0.29, 0.717) is 6.29 Å². The van der Waals surface area contributed by atoms with Crippen LogP contribution in [-0.2, 0) is 9.84 Å². The van der Waals surface area contributed by atoms with E-state index in [9.17, 15) is 22.3 Å². The quantitative estimate of drug-likeness (QED) is 0.804. The third-order valence-electron chi connectivity index (χ3n) is 4.02. The maximum atomic E-state index is 13.0. The summed E-state index contributed by atoms with van der Waals surface area (Å²) in [6, 6.07) is 10.6. The second-order valence-corrected chi connectivity index (χ2v) is 9.63. The lowest BCUT2D eigenvalue weighted by Gasteiger charge is -2.27. The van der Waals surface area contributed by atoms with Gasteiger partial charge in [-0.2, -0.15) is 10.6 Å². The minimum absolute atomic E-state index is 0.0736. The monoisotopic (exact) mass is 368 g/mol. The van der Waals surface area contributed by atoms with E-state index in [0.717, 1.165) is 0 Å². The number of aldehydes is 1. The molecular formula is C16H16O6S2. The predicted molar refractivity (Wildman–Crippen MR) is 90.7 cm³/mol. The van der Waals surface area contributed by atoms with Gasteiger partial charge < -0.3 is 4.74 Å². The summed E-state index contributed by atoms with van der Waals surface area (Å²) in [5.41, 5.74) is 0.326. The molecule has 0 fully saturated rings. The Labute approximate surface area is 141 Å². The molecule has 6 nitrogen and oxygen atoms in total. The minimum Gasteiger partial charge on any atom is -0.496 e. The highest BCUT2D eigenvalue weighted by molar-refractivity contribution is 8.25. The molecule has 0 saturated carbocycles. The van der Waals surface area contributed by atoms with E-state index in [4.69, 9.17) is 4.74 Å². The first-order chi connectivity index (χ1) is 11.3. The number of fused-ring (bicyclic) bond motifs is 1. The maximum absolute atomic E-state index is 13.0. The van der Waals surface area contributed by atoms with E-state index in [1.165, 1.54) is 31.4 Å². The molecule has 1 heterocycles. The van der Waals surface area contributed by atoms with Crippen molar-refractivity contribution in [2.45, 2.75) is 15.0 Å². The third-order valence-corrected chi connectivity index (χ3v) is 8.17. The zero-order chi connectivity index (χ0) is 17.5. The summed E-state index contributed by atoms with van der Waals surface area (Å²) >= 11 is 0. The molecule has 2 aromatic rings. The number of hydrogen-bond acceptors (Lipinski definition) is 6. The molecule has 24 heavy (non-hydrogen) atoms. The highest BCUT2D eigenvalue weighted by atomic mass is 32.3. The first-order valence-corrected chi connectivity index (χ1v) is 10.3. The largest absolute Gasteiger partial charge is 0.496 e. The second kappa shape index (κ2) is 5.89. The number of carbonyl (C=O) groups is 1. The lowest BCUT2D eigenvalue weighted by atomic mass is 10.1. The molecule has 1 atom stereocenters. The number of benzene rings is 2. The molecule has 0 aromatic heterocycles. The Morgan fingerprint density at radius 3 is 2.42 bits per heavy atom. The van der Waals surface area contributed by atoms with Crippen molar-refractivity contribution in [3.63, 3.8) is 0 Å². The Morgan fingerprint density at radius 2 is 1.83 bits per heavy atom. The number of hydrogen-bond donors (Lipinski definition) is 2. The van der Waals surface area contributed by atoms with Crippen molar-refractivity contribution in [1.29, 1.82) is 0 Å².